The van der Waals surface area contributed by atoms with E-state index in [1.807, 2.05) is 56.3 Å². The number of nitrogens with one attached hydrogen (secondary N) is 1. The van der Waals surface area contributed by atoms with Crippen LogP contribution in [0.5, 0.6) is 5.75 Å². The first-order valence-electron chi connectivity index (χ1n) is 10.0. The summed E-state index contributed by atoms with van der Waals surface area (Å²) in [6, 6.07) is 14.7. The highest BCUT2D eigenvalue weighted by atomic mass is 35.5. The second-order valence-electron chi connectivity index (χ2n) is 6.77. The first-order chi connectivity index (χ1) is 14.5. The molecule has 0 aromatic heterocycles. The molecule has 0 fully saturated rings. The molecule has 0 saturated heterocycles. The van der Waals surface area contributed by atoms with Crippen molar-refractivity contribution in [1.82, 2.24) is 10.2 Å². The summed E-state index contributed by atoms with van der Waals surface area (Å²) in [5.41, 5.74) is 1.94. The summed E-state index contributed by atoms with van der Waals surface area (Å²) in [7, 11) is 1.63. The normalized spacial score (nSPS) is 11.6. The Balaban J connectivity index is 2.10. The molecule has 0 aliphatic carbocycles. The number of hydrogen-bond donors (Lipinski definition) is 1. The maximum absolute atomic E-state index is 13.1. The third-order valence-corrected chi connectivity index (χ3v) is 6.05. The highest BCUT2D eigenvalue weighted by Gasteiger charge is 2.28. The minimum absolute atomic E-state index is 0.0773. The van der Waals surface area contributed by atoms with Crippen molar-refractivity contribution in [2.75, 3.05) is 19.4 Å². The van der Waals surface area contributed by atoms with Crippen molar-refractivity contribution in [3.63, 3.8) is 0 Å². The second-order valence-corrected chi connectivity index (χ2v) is 8.17. The average molecular weight is 449 g/mol. The number of carbonyl (C=O) groups is 2. The van der Waals surface area contributed by atoms with Crippen molar-refractivity contribution in [2.24, 2.45) is 0 Å². The number of ether oxygens (including phenoxy) is 1. The van der Waals surface area contributed by atoms with Gasteiger partial charge < -0.3 is 15.0 Å². The van der Waals surface area contributed by atoms with Crippen LogP contribution < -0.4 is 10.1 Å². The maximum atomic E-state index is 13.1. The second kappa shape index (κ2) is 12.5. The van der Waals surface area contributed by atoms with Crippen LogP contribution in [0.1, 0.15) is 31.4 Å². The van der Waals surface area contributed by atoms with Crippen LogP contribution in [0.4, 0.5) is 0 Å². The Morgan fingerprint density at radius 1 is 1.13 bits per heavy atom. The van der Waals surface area contributed by atoms with E-state index in [0.717, 1.165) is 16.9 Å². The van der Waals surface area contributed by atoms with Crippen LogP contribution in [0, 0.1) is 0 Å². The zero-order chi connectivity index (χ0) is 21.9. The smallest absolute Gasteiger partial charge is 0.242 e. The molecule has 1 N–H and O–H groups in total. The molecule has 2 aromatic carbocycles. The molecule has 0 bridgehead atoms. The molecule has 1 atom stereocenters. The molecule has 1 unspecified atom stereocenters. The van der Waals surface area contributed by atoms with Crippen molar-refractivity contribution in [3.05, 3.63) is 64.7 Å². The van der Waals surface area contributed by atoms with Crippen LogP contribution in [0.25, 0.3) is 0 Å². The number of likely N-dealkylation sites (N-methyl/N-ethyl adjacent to an activating group) is 1. The average Bonchev–Trinajstić information content (AvgIpc) is 2.75. The zero-order valence-electron chi connectivity index (χ0n) is 17.7. The molecule has 2 rings (SSSR count). The largest absolute Gasteiger partial charge is 0.497 e. The fourth-order valence-electron chi connectivity index (χ4n) is 3.08. The Bertz CT molecular complexity index is 829. The van der Waals surface area contributed by atoms with Crippen molar-refractivity contribution in [2.45, 2.75) is 38.6 Å². The number of carbonyl (C=O) groups excluding carboxylic acids is 2. The van der Waals surface area contributed by atoms with E-state index in [1.54, 1.807) is 18.1 Å². The Hall–Kier alpha value is -2.18. The molecule has 30 heavy (non-hydrogen) atoms. The molecular formula is C23H29ClN2O3S. The van der Waals surface area contributed by atoms with E-state index < -0.39 is 6.04 Å². The topological polar surface area (TPSA) is 58.6 Å². The maximum Gasteiger partial charge on any atom is 0.242 e. The first kappa shape index (κ1) is 24.1. The Kier molecular flexibility index (Phi) is 10.0. The van der Waals surface area contributed by atoms with Crippen molar-refractivity contribution in [1.29, 1.82) is 0 Å². The van der Waals surface area contributed by atoms with Gasteiger partial charge in [0.1, 0.15) is 11.8 Å². The van der Waals surface area contributed by atoms with Crippen LogP contribution in [-0.4, -0.2) is 42.2 Å². The van der Waals surface area contributed by atoms with Gasteiger partial charge in [0.25, 0.3) is 0 Å². The molecule has 0 aliphatic rings. The molecule has 5 nitrogen and oxygen atoms in total. The molecular weight excluding hydrogens is 420 g/mol. The van der Waals surface area contributed by atoms with E-state index in [2.05, 4.69) is 5.32 Å². The van der Waals surface area contributed by atoms with Crippen LogP contribution in [-0.2, 0) is 21.9 Å². The Morgan fingerprint density at radius 3 is 2.43 bits per heavy atom. The minimum atomic E-state index is -0.532. The first-order valence-corrected chi connectivity index (χ1v) is 11.5. The fraction of sp³-hybridized carbons (Fsp3) is 0.391. The van der Waals surface area contributed by atoms with Gasteiger partial charge in [0.05, 0.1) is 12.9 Å². The summed E-state index contributed by atoms with van der Waals surface area (Å²) in [5.74, 6) is 1.57. The van der Waals surface area contributed by atoms with Gasteiger partial charge in [-0.1, -0.05) is 48.9 Å². The lowest BCUT2D eigenvalue weighted by molar-refractivity contribution is -0.139. The SMILES string of the molecule is CCNC(=O)C(CC)N(Cc1ccccc1Cl)C(=O)CSCc1ccc(OC)cc1. The molecule has 0 aliphatic heterocycles. The van der Waals surface area contributed by atoms with Gasteiger partial charge in [0.2, 0.25) is 11.8 Å². The molecule has 0 spiro atoms. The number of methoxy groups -OCH3 is 1. The lowest BCUT2D eigenvalue weighted by Crippen LogP contribution is -2.49. The van der Waals surface area contributed by atoms with Crippen LogP contribution >= 0.6 is 23.4 Å². The number of rotatable bonds is 11. The van der Waals surface area contributed by atoms with Gasteiger partial charge in [-0.15, -0.1) is 11.8 Å². The van der Waals surface area contributed by atoms with Gasteiger partial charge in [-0.3, -0.25) is 9.59 Å². The molecule has 162 valence electrons. The number of nitrogens with zero attached hydrogens (tertiary/aromatic N) is 1. The van der Waals surface area contributed by atoms with E-state index in [9.17, 15) is 9.59 Å². The minimum Gasteiger partial charge on any atom is -0.497 e. The Labute approximate surface area is 188 Å². The number of benzene rings is 2. The molecule has 2 aromatic rings. The van der Waals surface area contributed by atoms with E-state index in [4.69, 9.17) is 16.3 Å². The van der Waals surface area contributed by atoms with Crippen LogP contribution in [0.2, 0.25) is 5.02 Å². The summed E-state index contributed by atoms with van der Waals surface area (Å²) in [6.07, 6.45) is 0.533. The summed E-state index contributed by atoms with van der Waals surface area (Å²) in [5, 5.41) is 3.43. The number of amides is 2. The van der Waals surface area contributed by atoms with E-state index in [-0.39, 0.29) is 17.6 Å². The highest BCUT2D eigenvalue weighted by Crippen LogP contribution is 2.22. The van der Waals surface area contributed by atoms with Gasteiger partial charge in [0.15, 0.2) is 0 Å². The molecule has 2 amide bonds. The van der Waals surface area contributed by atoms with Gasteiger partial charge in [0, 0.05) is 23.9 Å². The van der Waals surface area contributed by atoms with Gasteiger partial charge in [-0.25, -0.2) is 0 Å². The van der Waals surface area contributed by atoms with E-state index >= 15 is 0 Å². The third-order valence-electron chi connectivity index (χ3n) is 4.69. The Morgan fingerprint density at radius 2 is 1.83 bits per heavy atom. The van der Waals surface area contributed by atoms with E-state index in [1.165, 1.54) is 11.8 Å². The summed E-state index contributed by atoms with van der Waals surface area (Å²) < 4.78 is 5.17. The quantitative estimate of drug-likeness (QED) is 0.548. The standard InChI is InChI=1S/C23H29ClN2O3S/c1-4-21(23(28)25-5-2)26(14-18-8-6-7-9-20(18)24)22(27)16-30-15-17-10-12-19(29-3)13-11-17/h6-13,21H,4-5,14-16H2,1-3H3,(H,25,28). The van der Waals surface area contributed by atoms with Crippen LogP contribution in [0.3, 0.4) is 0 Å². The predicted octanol–water partition coefficient (Wildman–Crippen LogP) is 4.53. The monoisotopic (exact) mass is 448 g/mol. The van der Waals surface area contributed by atoms with Gasteiger partial charge in [-0.05, 0) is 42.7 Å². The molecule has 0 radical (unpaired) electrons. The van der Waals surface area contributed by atoms with Crippen molar-refractivity contribution >= 4 is 35.2 Å². The zero-order valence-corrected chi connectivity index (χ0v) is 19.3. The van der Waals surface area contributed by atoms with Gasteiger partial charge >= 0.3 is 0 Å². The third kappa shape index (κ3) is 6.96. The lowest BCUT2D eigenvalue weighted by atomic mass is 10.1. The van der Waals surface area contributed by atoms with Crippen LogP contribution in [0.15, 0.2) is 48.5 Å². The van der Waals surface area contributed by atoms with E-state index in [0.29, 0.717) is 30.3 Å². The number of halogens is 1. The van der Waals surface area contributed by atoms with Crippen molar-refractivity contribution in [3.8, 4) is 5.75 Å². The summed E-state index contributed by atoms with van der Waals surface area (Å²) in [4.78, 5) is 27.4. The highest BCUT2D eigenvalue weighted by molar-refractivity contribution is 7.99. The number of hydrogen-bond acceptors (Lipinski definition) is 4. The van der Waals surface area contributed by atoms with Gasteiger partial charge in [-0.2, -0.15) is 0 Å². The summed E-state index contributed by atoms with van der Waals surface area (Å²) in [6.45, 7) is 4.61. The molecule has 0 saturated carbocycles. The van der Waals surface area contributed by atoms with Crippen molar-refractivity contribution < 1.29 is 14.3 Å². The predicted molar refractivity (Wildman–Crippen MR) is 124 cm³/mol. The lowest BCUT2D eigenvalue weighted by Gasteiger charge is -2.30. The molecule has 0 heterocycles. The molecule has 7 heteroatoms. The summed E-state index contributed by atoms with van der Waals surface area (Å²) >= 11 is 7.84. The number of thioether (sulfide) groups is 1. The fourth-order valence-corrected chi connectivity index (χ4v) is 4.15.